The van der Waals surface area contributed by atoms with Crippen molar-refractivity contribution in [1.82, 2.24) is 4.90 Å². The average molecular weight is 496 g/mol. The van der Waals surface area contributed by atoms with E-state index in [1.807, 2.05) is 25.1 Å². The number of allylic oxidation sites excluding steroid dienone is 4. The van der Waals surface area contributed by atoms with Crippen LogP contribution in [0.5, 0.6) is 0 Å². The summed E-state index contributed by atoms with van der Waals surface area (Å²) in [5.74, 6) is -0.924. The van der Waals surface area contributed by atoms with Crippen LogP contribution in [0.2, 0.25) is 0 Å². The maximum absolute atomic E-state index is 15.7. The number of likely N-dealkylation sites (tertiary alicyclic amines) is 1. The molecule has 0 radical (unpaired) electrons. The van der Waals surface area contributed by atoms with E-state index >= 15 is 4.39 Å². The number of aliphatic hydroxyl groups excluding tert-OH is 1. The number of nitrogens with zero attached hydrogens (tertiary/aromatic N) is 1. The van der Waals surface area contributed by atoms with E-state index in [1.165, 1.54) is 12.2 Å². The van der Waals surface area contributed by atoms with Crippen molar-refractivity contribution in [2.75, 3.05) is 19.8 Å². The Labute approximate surface area is 211 Å². The summed E-state index contributed by atoms with van der Waals surface area (Å²) in [7, 11) is 0. The predicted octanol–water partition coefficient (Wildman–Crippen LogP) is 4.48. The molecule has 1 heterocycles. The van der Waals surface area contributed by atoms with Gasteiger partial charge in [-0.1, -0.05) is 50.3 Å². The van der Waals surface area contributed by atoms with Crippen LogP contribution in [0.15, 0.2) is 54.1 Å². The molecule has 0 amide bonds. The zero-order chi connectivity index (χ0) is 25.5. The van der Waals surface area contributed by atoms with Gasteiger partial charge in [0.2, 0.25) is 0 Å². The van der Waals surface area contributed by atoms with Crippen molar-refractivity contribution in [2.45, 2.75) is 51.9 Å². The summed E-state index contributed by atoms with van der Waals surface area (Å²) in [6.07, 6.45) is 4.06. The van der Waals surface area contributed by atoms with Crippen molar-refractivity contribution in [3.05, 3.63) is 59.7 Å². The molecular formula is C30H35F2NO3. The fraction of sp³-hybridized carbons (Fsp3) is 0.600. The number of hydrogen-bond donors (Lipinski definition) is 1. The largest absolute Gasteiger partial charge is 0.393 e. The molecule has 4 nitrogen and oxygen atoms in total. The third kappa shape index (κ3) is 3.10. The van der Waals surface area contributed by atoms with E-state index in [1.54, 1.807) is 6.08 Å². The van der Waals surface area contributed by atoms with Crippen LogP contribution in [0.1, 0.15) is 38.7 Å². The summed E-state index contributed by atoms with van der Waals surface area (Å²) in [5.41, 5.74) is -0.595. The van der Waals surface area contributed by atoms with Gasteiger partial charge in [0.15, 0.2) is 11.6 Å². The summed E-state index contributed by atoms with van der Waals surface area (Å²) < 4.78 is 29.9. The quantitative estimate of drug-likeness (QED) is 0.669. The maximum Gasteiger partial charge on any atom is 0.178 e. The van der Waals surface area contributed by atoms with Gasteiger partial charge in [-0.2, -0.15) is 0 Å². The van der Waals surface area contributed by atoms with Gasteiger partial charge < -0.3 is 5.11 Å². The minimum Gasteiger partial charge on any atom is -0.393 e. The highest BCUT2D eigenvalue weighted by atomic mass is 19.1. The number of alkyl halides is 2. The fourth-order valence-corrected chi connectivity index (χ4v) is 9.59. The first-order chi connectivity index (χ1) is 17.1. The SMILES string of the molecule is CC12C=CC(=O)C=C1C(F)CC1C2C(O)CC2(C)C1CC1CN(Cc3ccccc3)CC12C(=O)CF. The number of aliphatic hydroxyl groups is 1. The van der Waals surface area contributed by atoms with E-state index in [9.17, 15) is 19.1 Å². The van der Waals surface area contributed by atoms with Gasteiger partial charge in [-0.3, -0.25) is 14.5 Å². The van der Waals surface area contributed by atoms with Crippen molar-refractivity contribution in [1.29, 1.82) is 0 Å². The molecule has 9 unspecified atom stereocenters. The number of benzene rings is 1. The normalized spacial score (nSPS) is 45.5. The number of carbonyl (C=O) groups excluding carboxylic acids is 2. The van der Waals surface area contributed by atoms with E-state index < -0.39 is 35.2 Å². The highest BCUT2D eigenvalue weighted by Gasteiger charge is 2.73. The summed E-state index contributed by atoms with van der Waals surface area (Å²) in [4.78, 5) is 27.8. The molecule has 36 heavy (non-hydrogen) atoms. The van der Waals surface area contributed by atoms with E-state index in [4.69, 9.17) is 0 Å². The molecule has 1 aromatic carbocycles. The summed E-state index contributed by atoms with van der Waals surface area (Å²) in [6.45, 7) is 4.88. The molecule has 5 aliphatic rings. The van der Waals surface area contributed by atoms with Crippen molar-refractivity contribution >= 4 is 11.6 Å². The van der Waals surface area contributed by atoms with Crippen molar-refractivity contribution in [3.63, 3.8) is 0 Å². The van der Waals surface area contributed by atoms with Crippen LogP contribution >= 0.6 is 0 Å². The number of halogens is 2. The van der Waals surface area contributed by atoms with Crippen LogP contribution in [0.3, 0.4) is 0 Å². The lowest BCUT2D eigenvalue weighted by Gasteiger charge is -2.60. The number of ketones is 2. The Morgan fingerprint density at radius 2 is 1.94 bits per heavy atom. The predicted molar refractivity (Wildman–Crippen MR) is 132 cm³/mol. The van der Waals surface area contributed by atoms with Crippen LogP contribution in [0.25, 0.3) is 0 Å². The van der Waals surface area contributed by atoms with Gasteiger partial charge in [-0.25, -0.2) is 8.78 Å². The standard InChI is InChI=1S/C30H35F2NO3/c1-28-9-8-20(34)11-23(28)24(32)12-21-22-10-19-16-33(15-18-6-4-3-5-7-18)17-30(19,26(36)14-31)29(22,2)13-25(35)27(21)28/h3-9,11,19,21-22,24-25,27,35H,10,12-17H2,1-2H3. The lowest BCUT2D eigenvalue weighted by Crippen LogP contribution is -2.61. The summed E-state index contributed by atoms with van der Waals surface area (Å²) >= 11 is 0. The van der Waals surface area contributed by atoms with Crippen LogP contribution < -0.4 is 0 Å². The van der Waals surface area contributed by atoms with E-state index in [2.05, 4.69) is 24.0 Å². The molecule has 0 spiro atoms. The Morgan fingerprint density at radius 3 is 2.67 bits per heavy atom. The first-order valence-electron chi connectivity index (χ1n) is 13.3. The number of carbonyl (C=O) groups is 2. The van der Waals surface area contributed by atoms with E-state index in [0.717, 1.165) is 12.0 Å². The number of rotatable bonds is 4. The molecule has 9 atom stereocenters. The average Bonchev–Trinajstić information content (AvgIpc) is 3.32. The minimum atomic E-state index is -1.26. The Bertz CT molecular complexity index is 1150. The topological polar surface area (TPSA) is 57.6 Å². The van der Waals surface area contributed by atoms with Crippen molar-refractivity contribution < 1.29 is 23.5 Å². The first-order valence-corrected chi connectivity index (χ1v) is 13.3. The molecule has 192 valence electrons. The molecular weight excluding hydrogens is 460 g/mol. The van der Waals surface area contributed by atoms with Gasteiger partial charge >= 0.3 is 0 Å². The Kier molecular flexibility index (Phi) is 5.48. The Morgan fingerprint density at radius 1 is 1.19 bits per heavy atom. The molecule has 4 aliphatic carbocycles. The molecule has 1 aliphatic heterocycles. The summed E-state index contributed by atoms with van der Waals surface area (Å²) in [6, 6.07) is 10.1. The zero-order valence-electron chi connectivity index (χ0n) is 21.0. The molecule has 0 bridgehead atoms. The third-order valence-corrected chi connectivity index (χ3v) is 10.9. The van der Waals surface area contributed by atoms with Crippen LogP contribution in [0, 0.1) is 39.9 Å². The third-order valence-electron chi connectivity index (χ3n) is 10.9. The van der Waals surface area contributed by atoms with Crippen LogP contribution in [0.4, 0.5) is 8.78 Å². The van der Waals surface area contributed by atoms with Crippen molar-refractivity contribution in [2.24, 2.45) is 39.9 Å². The Hall–Kier alpha value is -2.18. The van der Waals surface area contributed by atoms with Gasteiger partial charge in [0.1, 0.15) is 12.8 Å². The van der Waals surface area contributed by atoms with E-state index in [0.29, 0.717) is 31.6 Å². The highest BCUT2D eigenvalue weighted by molar-refractivity contribution is 6.01. The Balaban J connectivity index is 1.38. The molecule has 6 rings (SSSR count). The second-order valence-electron chi connectivity index (χ2n) is 12.4. The van der Waals surface area contributed by atoms with E-state index in [-0.39, 0.29) is 41.7 Å². The minimum absolute atomic E-state index is 0.0169. The molecule has 0 aromatic heterocycles. The monoisotopic (exact) mass is 495 g/mol. The fourth-order valence-electron chi connectivity index (χ4n) is 9.59. The van der Waals surface area contributed by atoms with Gasteiger partial charge in [0.05, 0.1) is 11.5 Å². The van der Waals surface area contributed by atoms with Crippen molar-refractivity contribution in [3.8, 4) is 0 Å². The zero-order valence-corrected chi connectivity index (χ0v) is 21.0. The second-order valence-corrected chi connectivity index (χ2v) is 12.4. The number of hydrogen-bond acceptors (Lipinski definition) is 4. The van der Waals surface area contributed by atoms with Gasteiger partial charge in [-0.05, 0) is 65.7 Å². The lowest BCUT2D eigenvalue weighted by molar-refractivity contribution is -0.160. The summed E-state index contributed by atoms with van der Waals surface area (Å²) in [5, 5.41) is 11.7. The molecule has 4 fully saturated rings. The first kappa shape index (κ1) is 24.2. The molecule has 3 saturated carbocycles. The van der Waals surface area contributed by atoms with Gasteiger partial charge in [0.25, 0.3) is 0 Å². The van der Waals surface area contributed by atoms with Crippen LogP contribution in [-0.4, -0.2) is 53.6 Å². The number of Topliss-reactive ketones (excluding diaryl/α,β-unsaturated/α-hetero) is 1. The molecule has 1 saturated heterocycles. The molecule has 1 aromatic rings. The molecule has 1 N–H and O–H groups in total. The lowest BCUT2D eigenvalue weighted by atomic mass is 9.44. The second kappa shape index (κ2) is 8.16. The number of fused-ring (bicyclic) bond motifs is 7. The van der Waals surface area contributed by atoms with Gasteiger partial charge in [0, 0.05) is 31.0 Å². The maximum atomic E-state index is 15.7. The highest BCUT2D eigenvalue weighted by Crippen LogP contribution is 2.72. The van der Waals surface area contributed by atoms with Gasteiger partial charge in [-0.15, -0.1) is 0 Å². The molecule has 6 heteroatoms. The van der Waals surface area contributed by atoms with Crippen LogP contribution in [-0.2, 0) is 16.1 Å². The smallest absolute Gasteiger partial charge is 0.178 e.